The summed E-state index contributed by atoms with van der Waals surface area (Å²) < 4.78 is 17.9. The van der Waals surface area contributed by atoms with Gasteiger partial charge in [-0.1, -0.05) is 66.2 Å². The van der Waals surface area contributed by atoms with Crippen LogP contribution >= 0.6 is 0 Å². The van der Waals surface area contributed by atoms with Crippen LogP contribution in [0.5, 0.6) is 5.75 Å². The molecule has 3 aromatic carbocycles. The van der Waals surface area contributed by atoms with Crippen molar-refractivity contribution in [2.45, 2.75) is 33.5 Å². The Morgan fingerprint density at radius 2 is 1.74 bits per heavy atom. The van der Waals surface area contributed by atoms with Crippen molar-refractivity contribution in [2.24, 2.45) is 0 Å². The van der Waals surface area contributed by atoms with E-state index in [-0.39, 0.29) is 6.10 Å². The first kappa shape index (κ1) is 21.4. The normalized spacial score (nSPS) is 17.6. The van der Waals surface area contributed by atoms with Crippen molar-refractivity contribution in [3.8, 4) is 5.75 Å². The Bertz CT molecular complexity index is 1040. The highest BCUT2D eigenvalue weighted by Crippen LogP contribution is 2.35. The van der Waals surface area contributed by atoms with E-state index in [1.807, 2.05) is 25.1 Å². The third-order valence-electron chi connectivity index (χ3n) is 5.66. The summed E-state index contributed by atoms with van der Waals surface area (Å²) in [4.78, 5) is 0. The molecule has 0 bridgehead atoms. The fourth-order valence-corrected chi connectivity index (χ4v) is 4.03. The second kappa shape index (κ2) is 9.95. The lowest BCUT2D eigenvalue weighted by Crippen LogP contribution is -2.16. The second-order valence-corrected chi connectivity index (χ2v) is 7.98. The largest absolute Gasteiger partial charge is 0.489 e. The van der Waals surface area contributed by atoms with Gasteiger partial charge >= 0.3 is 0 Å². The molecule has 1 aliphatic heterocycles. The van der Waals surface area contributed by atoms with Crippen molar-refractivity contribution in [1.82, 2.24) is 0 Å². The predicted octanol–water partition coefficient (Wildman–Crippen LogP) is 6.12. The molecular formula is C28H30O3. The van der Waals surface area contributed by atoms with E-state index in [4.69, 9.17) is 14.2 Å². The van der Waals surface area contributed by atoms with Gasteiger partial charge in [-0.3, -0.25) is 0 Å². The second-order valence-electron chi connectivity index (χ2n) is 7.98. The summed E-state index contributed by atoms with van der Waals surface area (Å²) in [7, 11) is 0. The quantitative estimate of drug-likeness (QED) is 0.466. The first-order chi connectivity index (χ1) is 15.2. The van der Waals surface area contributed by atoms with Gasteiger partial charge in [-0.05, 0) is 66.3 Å². The maximum atomic E-state index is 6.05. The van der Waals surface area contributed by atoms with Crippen molar-refractivity contribution in [1.29, 1.82) is 0 Å². The molecule has 0 amide bonds. The molecule has 0 N–H and O–H groups in total. The van der Waals surface area contributed by atoms with Gasteiger partial charge in [0, 0.05) is 6.61 Å². The Morgan fingerprint density at radius 3 is 2.45 bits per heavy atom. The minimum absolute atomic E-state index is 0.00490. The van der Waals surface area contributed by atoms with Crippen LogP contribution in [-0.2, 0) is 16.1 Å². The summed E-state index contributed by atoms with van der Waals surface area (Å²) in [5.41, 5.74) is 8.40. The van der Waals surface area contributed by atoms with Gasteiger partial charge in [-0.2, -0.15) is 0 Å². The molecule has 160 valence electrons. The number of ether oxygens (including phenoxy) is 3. The van der Waals surface area contributed by atoms with E-state index in [0.29, 0.717) is 26.4 Å². The average Bonchev–Trinajstić information content (AvgIpc) is 3.24. The minimum atomic E-state index is -0.00490. The van der Waals surface area contributed by atoms with Gasteiger partial charge in [-0.15, -0.1) is 0 Å². The third-order valence-corrected chi connectivity index (χ3v) is 5.66. The van der Waals surface area contributed by atoms with Gasteiger partial charge in [0.25, 0.3) is 0 Å². The van der Waals surface area contributed by atoms with Gasteiger partial charge in [-0.25, -0.2) is 0 Å². The number of hydrogen-bond acceptors (Lipinski definition) is 3. The molecule has 31 heavy (non-hydrogen) atoms. The number of benzene rings is 3. The topological polar surface area (TPSA) is 27.7 Å². The molecule has 1 fully saturated rings. The Morgan fingerprint density at radius 1 is 0.968 bits per heavy atom. The van der Waals surface area contributed by atoms with Crippen molar-refractivity contribution >= 4 is 5.57 Å². The predicted molar refractivity (Wildman–Crippen MR) is 125 cm³/mol. The van der Waals surface area contributed by atoms with E-state index in [0.717, 1.165) is 11.3 Å². The smallest absolute Gasteiger partial charge is 0.120 e. The number of rotatable bonds is 7. The summed E-state index contributed by atoms with van der Waals surface area (Å²) in [5.74, 6) is 0.877. The van der Waals surface area contributed by atoms with Crippen LogP contribution in [0.1, 0.15) is 34.7 Å². The number of aryl methyl sites for hydroxylation is 2. The SMILES string of the molecule is CCOC1COC/C1=C(/c1ccc(C)cc1)c1ccc(OCc2ccccc2)cc1C. The average molecular weight is 415 g/mol. The summed E-state index contributed by atoms with van der Waals surface area (Å²) in [6, 6.07) is 25.3. The Hall–Kier alpha value is -2.88. The van der Waals surface area contributed by atoms with Crippen LogP contribution < -0.4 is 4.74 Å². The Kier molecular flexibility index (Phi) is 6.86. The molecule has 0 saturated carbocycles. The van der Waals surface area contributed by atoms with Crippen LogP contribution in [0.4, 0.5) is 0 Å². The zero-order valence-electron chi connectivity index (χ0n) is 18.6. The highest BCUT2D eigenvalue weighted by Gasteiger charge is 2.27. The zero-order chi connectivity index (χ0) is 21.6. The van der Waals surface area contributed by atoms with Crippen molar-refractivity contribution in [2.75, 3.05) is 19.8 Å². The summed E-state index contributed by atoms with van der Waals surface area (Å²) in [6.07, 6.45) is -0.00490. The van der Waals surface area contributed by atoms with Crippen LogP contribution in [0.3, 0.4) is 0 Å². The van der Waals surface area contributed by atoms with E-state index < -0.39 is 0 Å². The highest BCUT2D eigenvalue weighted by molar-refractivity contribution is 5.84. The molecule has 3 heteroatoms. The molecule has 4 rings (SSSR count). The molecule has 0 aliphatic carbocycles. The third kappa shape index (κ3) is 5.07. The van der Waals surface area contributed by atoms with Crippen LogP contribution in [0, 0.1) is 13.8 Å². The van der Waals surface area contributed by atoms with Crippen LogP contribution in [0.2, 0.25) is 0 Å². The van der Waals surface area contributed by atoms with Gasteiger partial charge in [0.05, 0.1) is 13.2 Å². The molecule has 0 spiro atoms. The fraction of sp³-hybridized carbons (Fsp3) is 0.286. The molecule has 0 aromatic heterocycles. The molecule has 1 unspecified atom stereocenters. The van der Waals surface area contributed by atoms with Gasteiger partial charge in [0.15, 0.2) is 0 Å². The lowest BCUT2D eigenvalue weighted by atomic mass is 9.88. The van der Waals surface area contributed by atoms with Crippen molar-refractivity contribution in [3.63, 3.8) is 0 Å². The minimum Gasteiger partial charge on any atom is -0.489 e. The van der Waals surface area contributed by atoms with Crippen molar-refractivity contribution in [3.05, 3.63) is 106 Å². The molecular weight excluding hydrogens is 384 g/mol. The lowest BCUT2D eigenvalue weighted by molar-refractivity contribution is 0.0609. The van der Waals surface area contributed by atoms with Gasteiger partial charge in [0.2, 0.25) is 0 Å². The fourth-order valence-electron chi connectivity index (χ4n) is 4.03. The maximum absolute atomic E-state index is 6.05. The standard InChI is InChI=1S/C28H30O3/c1-4-30-27-19-29-18-26(27)28(23-12-10-20(2)11-13-23)25-15-14-24(16-21(25)3)31-17-22-8-6-5-7-9-22/h5-16,27H,4,17-19H2,1-3H3/b28-26+. The first-order valence-electron chi connectivity index (χ1n) is 10.9. The Balaban J connectivity index is 1.69. The van der Waals surface area contributed by atoms with Crippen LogP contribution in [0.15, 0.2) is 78.4 Å². The van der Waals surface area contributed by atoms with Gasteiger partial charge in [0.1, 0.15) is 18.5 Å². The zero-order valence-corrected chi connectivity index (χ0v) is 18.6. The van der Waals surface area contributed by atoms with Crippen molar-refractivity contribution < 1.29 is 14.2 Å². The molecule has 1 heterocycles. The number of hydrogen-bond donors (Lipinski definition) is 0. The van der Waals surface area contributed by atoms with E-state index >= 15 is 0 Å². The maximum Gasteiger partial charge on any atom is 0.120 e. The van der Waals surface area contributed by atoms with Crippen LogP contribution in [-0.4, -0.2) is 25.9 Å². The first-order valence-corrected chi connectivity index (χ1v) is 10.9. The summed E-state index contributed by atoms with van der Waals surface area (Å²) >= 11 is 0. The lowest BCUT2D eigenvalue weighted by Gasteiger charge is -2.19. The van der Waals surface area contributed by atoms with E-state index in [1.54, 1.807) is 0 Å². The van der Waals surface area contributed by atoms with E-state index in [2.05, 4.69) is 68.4 Å². The highest BCUT2D eigenvalue weighted by atomic mass is 16.5. The molecule has 1 aliphatic rings. The summed E-state index contributed by atoms with van der Waals surface area (Å²) in [6.45, 7) is 8.73. The molecule has 1 saturated heterocycles. The summed E-state index contributed by atoms with van der Waals surface area (Å²) in [5, 5.41) is 0. The Labute approximate surface area is 185 Å². The molecule has 3 aromatic rings. The van der Waals surface area contributed by atoms with Gasteiger partial charge < -0.3 is 14.2 Å². The van der Waals surface area contributed by atoms with E-state index in [1.165, 1.54) is 33.4 Å². The van der Waals surface area contributed by atoms with Crippen LogP contribution in [0.25, 0.3) is 5.57 Å². The van der Waals surface area contributed by atoms with E-state index in [9.17, 15) is 0 Å². The molecule has 3 nitrogen and oxygen atoms in total. The molecule has 0 radical (unpaired) electrons. The molecule has 1 atom stereocenters. The monoisotopic (exact) mass is 414 g/mol.